The molecule has 12 heteroatoms. The van der Waals surface area contributed by atoms with Gasteiger partial charge in [0.1, 0.15) is 5.69 Å². The lowest BCUT2D eigenvalue weighted by molar-refractivity contribution is -0.141. The van der Waals surface area contributed by atoms with Gasteiger partial charge >= 0.3 is 12.4 Å². The quantitative estimate of drug-likeness (QED) is 0.598. The van der Waals surface area contributed by atoms with Crippen LogP contribution in [0.5, 0.6) is 0 Å². The van der Waals surface area contributed by atoms with Crippen LogP contribution in [0.4, 0.5) is 38.0 Å². The Hall–Kier alpha value is -2.37. The van der Waals surface area contributed by atoms with Crippen LogP contribution in [0.1, 0.15) is 24.1 Å². The number of halogens is 7. The first-order valence-corrected chi connectivity index (χ1v) is 9.57. The molecule has 162 valence electrons. The van der Waals surface area contributed by atoms with Gasteiger partial charge in [0.2, 0.25) is 11.9 Å². The number of hydrogen-bond donors (Lipinski definition) is 1. The van der Waals surface area contributed by atoms with E-state index in [1.54, 1.807) is 4.90 Å². The van der Waals surface area contributed by atoms with Gasteiger partial charge in [-0.25, -0.2) is 9.97 Å². The Morgan fingerprint density at radius 3 is 2.33 bits per heavy atom. The van der Waals surface area contributed by atoms with E-state index in [0.717, 1.165) is 18.3 Å². The third-order valence-corrected chi connectivity index (χ3v) is 5.31. The standard InChI is InChI=1S/C18H15BrF6N4O/c19-13-2-1-11(9-12(13)17(20,21)22)27-15(30)10-4-7-29(8-5-10)16-26-6-3-14(28-16)18(23,24)25/h1-3,6,9-10H,4-5,7-8H2,(H,27,30). The Morgan fingerprint density at radius 2 is 1.73 bits per heavy atom. The molecule has 30 heavy (non-hydrogen) atoms. The summed E-state index contributed by atoms with van der Waals surface area (Å²) in [4.78, 5) is 21.4. The van der Waals surface area contributed by atoms with E-state index in [1.807, 2.05) is 0 Å². The smallest absolute Gasteiger partial charge is 0.341 e. The molecule has 1 aliphatic rings. The van der Waals surface area contributed by atoms with Gasteiger partial charge in [-0.3, -0.25) is 4.79 Å². The van der Waals surface area contributed by atoms with Gasteiger partial charge in [-0.15, -0.1) is 0 Å². The van der Waals surface area contributed by atoms with Crippen molar-refractivity contribution in [2.75, 3.05) is 23.3 Å². The zero-order valence-corrected chi connectivity index (χ0v) is 16.8. The molecule has 1 aromatic carbocycles. The fraction of sp³-hybridized carbons (Fsp3) is 0.389. The lowest BCUT2D eigenvalue weighted by atomic mass is 9.96. The van der Waals surface area contributed by atoms with E-state index in [4.69, 9.17) is 0 Å². The fourth-order valence-electron chi connectivity index (χ4n) is 3.06. The van der Waals surface area contributed by atoms with Gasteiger partial charge in [0.25, 0.3) is 0 Å². The maximum Gasteiger partial charge on any atom is 0.433 e. The summed E-state index contributed by atoms with van der Waals surface area (Å²) in [6.07, 6.45) is -7.54. The summed E-state index contributed by atoms with van der Waals surface area (Å²) in [7, 11) is 0. The average molecular weight is 497 g/mol. The molecule has 0 unspecified atom stereocenters. The van der Waals surface area contributed by atoms with Crippen LogP contribution in [0, 0.1) is 5.92 Å². The number of rotatable bonds is 3. The van der Waals surface area contributed by atoms with Crippen molar-refractivity contribution >= 4 is 33.5 Å². The van der Waals surface area contributed by atoms with Crippen LogP contribution in [0.15, 0.2) is 34.9 Å². The highest BCUT2D eigenvalue weighted by atomic mass is 79.9. The number of anilines is 2. The zero-order chi connectivity index (χ0) is 22.1. The van der Waals surface area contributed by atoms with E-state index in [9.17, 15) is 31.1 Å². The van der Waals surface area contributed by atoms with Crippen LogP contribution in [0.2, 0.25) is 0 Å². The average Bonchev–Trinajstić information content (AvgIpc) is 2.68. The molecular weight excluding hydrogens is 482 g/mol. The lowest BCUT2D eigenvalue weighted by Gasteiger charge is -2.31. The van der Waals surface area contributed by atoms with Gasteiger partial charge in [-0.2, -0.15) is 26.3 Å². The molecule has 2 heterocycles. The number of amides is 1. The number of benzene rings is 1. The van der Waals surface area contributed by atoms with Crippen LogP contribution in [-0.4, -0.2) is 29.0 Å². The molecule has 0 spiro atoms. The van der Waals surface area contributed by atoms with Gasteiger partial charge < -0.3 is 10.2 Å². The Labute approximate surface area is 175 Å². The third-order valence-electron chi connectivity index (χ3n) is 4.62. The van der Waals surface area contributed by atoms with Crippen molar-refractivity contribution in [3.63, 3.8) is 0 Å². The van der Waals surface area contributed by atoms with Gasteiger partial charge in [0.15, 0.2) is 0 Å². The molecule has 0 atom stereocenters. The summed E-state index contributed by atoms with van der Waals surface area (Å²) in [5.41, 5.74) is -1.95. The molecular formula is C18H15BrF6N4O. The molecule has 1 N–H and O–H groups in total. The number of aromatic nitrogens is 2. The van der Waals surface area contributed by atoms with Crippen LogP contribution >= 0.6 is 15.9 Å². The maximum absolute atomic E-state index is 13.0. The summed E-state index contributed by atoms with van der Waals surface area (Å²) >= 11 is 2.83. The van der Waals surface area contributed by atoms with Crippen molar-refractivity contribution < 1.29 is 31.1 Å². The second-order valence-corrected chi connectivity index (χ2v) is 7.54. The van der Waals surface area contributed by atoms with Crippen molar-refractivity contribution in [3.8, 4) is 0 Å². The molecule has 1 saturated heterocycles. The topological polar surface area (TPSA) is 58.1 Å². The van der Waals surface area contributed by atoms with Crippen LogP contribution in [0.3, 0.4) is 0 Å². The van der Waals surface area contributed by atoms with E-state index >= 15 is 0 Å². The van der Waals surface area contributed by atoms with E-state index in [1.165, 1.54) is 12.1 Å². The predicted molar refractivity (Wildman–Crippen MR) is 99.7 cm³/mol. The lowest BCUT2D eigenvalue weighted by Crippen LogP contribution is -2.39. The van der Waals surface area contributed by atoms with E-state index in [-0.39, 0.29) is 29.2 Å². The van der Waals surface area contributed by atoms with Crippen LogP contribution < -0.4 is 10.2 Å². The van der Waals surface area contributed by atoms with Gasteiger partial charge in [-0.1, -0.05) is 15.9 Å². The van der Waals surface area contributed by atoms with Gasteiger partial charge in [-0.05, 0) is 37.1 Å². The van der Waals surface area contributed by atoms with Crippen molar-refractivity contribution in [3.05, 3.63) is 46.2 Å². The van der Waals surface area contributed by atoms with E-state index < -0.39 is 35.4 Å². The Bertz CT molecular complexity index is 926. The second kappa shape index (κ2) is 8.40. The number of alkyl halides is 6. The number of hydrogen-bond acceptors (Lipinski definition) is 4. The zero-order valence-electron chi connectivity index (χ0n) is 15.2. The van der Waals surface area contributed by atoms with Gasteiger partial charge in [0, 0.05) is 35.4 Å². The molecule has 0 bridgehead atoms. The summed E-state index contributed by atoms with van der Waals surface area (Å²) < 4.78 is 77.3. The Balaban J connectivity index is 1.63. The first-order chi connectivity index (χ1) is 13.9. The maximum atomic E-state index is 13.0. The third kappa shape index (κ3) is 5.21. The number of carbonyl (C=O) groups excluding carboxylic acids is 1. The molecule has 1 amide bonds. The first kappa shape index (κ1) is 22.3. The Morgan fingerprint density at radius 1 is 1.07 bits per heavy atom. The molecule has 0 saturated carbocycles. The number of carbonyl (C=O) groups is 1. The van der Waals surface area contributed by atoms with Crippen LogP contribution in [0.25, 0.3) is 0 Å². The molecule has 5 nitrogen and oxygen atoms in total. The highest BCUT2D eigenvalue weighted by Crippen LogP contribution is 2.36. The highest BCUT2D eigenvalue weighted by molar-refractivity contribution is 9.10. The van der Waals surface area contributed by atoms with Crippen LogP contribution in [-0.2, 0) is 17.1 Å². The SMILES string of the molecule is O=C(Nc1ccc(Br)c(C(F)(F)F)c1)C1CCN(c2nccc(C(F)(F)F)n2)CC1. The van der Waals surface area contributed by atoms with E-state index in [0.29, 0.717) is 12.8 Å². The first-order valence-electron chi connectivity index (χ1n) is 8.78. The fourth-order valence-corrected chi connectivity index (χ4v) is 3.54. The molecule has 1 aliphatic heterocycles. The highest BCUT2D eigenvalue weighted by Gasteiger charge is 2.35. The van der Waals surface area contributed by atoms with Gasteiger partial charge in [0.05, 0.1) is 5.56 Å². The minimum absolute atomic E-state index is 0.0131. The molecule has 2 aromatic rings. The molecule has 0 aliphatic carbocycles. The summed E-state index contributed by atoms with van der Waals surface area (Å²) in [6, 6.07) is 4.17. The van der Waals surface area contributed by atoms with Crippen molar-refractivity contribution in [1.82, 2.24) is 9.97 Å². The number of piperidine rings is 1. The summed E-state index contributed by atoms with van der Waals surface area (Å²) in [5, 5.41) is 2.48. The molecule has 0 radical (unpaired) electrons. The van der Waals surface area contributed by atoms with Crippen molar-refractivity contribution in [1.29, 1.82) is 0 Å². The molecule has 1 fully saturated rings. The summed E-state index contributed by atoms with van der Waals surface area (Å²) in [6.45, 7) is 0.487. The molecule has 3 rings (SSSR count). The minimum atomic E-state index is -4.59. The number of nitrogens with zero attached hydrogens (tertiary/aromatic N) is 3. The minimum Gasteiger partial charge on any atom is -0.341 e. The number of nitrogens with one attached hydrogen (secondary N) is 1. The largest absolute Gasteiger partial charge is 0.433 e. The predicted octanol–water partition coefficient (Wildman–Crippen LogP) is 5.13. The van der Waals surface area contributed by atoms with Crippen molar-refractivity contribution in [2.45, 2.75) is 25.2 Å². The second-order valence-electron chi connectivity index (χ2n) is 6.68. The molecule has 1 aromatic heterocycles. The monoisotopic (exact) mass is 496 g/mol. The summed E-state index contributed by atoms with van der Waals surface area (Å²) in [5.74, 6) is -1.02. The normalized spacial score (nSPS) is 15.9. The van der Waals surface area contributed by atoms with Crippen molar-refractivity contribution in [2.24, 2.45) is 5.92 Å². The van der Waals surface area contributed by atoms with E-state index in [2.05, 4.69) is 31.2 Å². The Kier molecular flexibility index (Phi) is 6.25.